The summed E-state index contributed by atoms with van der Waals surface area (Å²) in [5.74, 6) is 1.17. The second-order valence-electron chi connectivity index (χ2n) is 3.43. The van der Waals surface area contributed by atoms with E-state index < -0.39 is 0 Å². The van der Waals surface area contributed by atoms with Crippen LogP contribution in [0.1, 0.15) is 6.92 Å². The van der Waals surface area contributed by atoms with E-state index in [0.717, 1.165) is 6.54 Å². The number of aromatic nitrogens is 2. The number of hydrogen-bond donors (Lipinski definition) is 3. The van der Waals surface area contributed by atoms with Crippen molar-refractivity contribution in [1.29, 1.82) is 0 Å². The molecule has 0 aliphatic rings. The van der Waals surface area contributed by atoms with Crippen molar-refractivity contribution >= 4 is 5.82 Å². The number of ether oxygens (including phenoxy) is 1. The van der Waals surface area contributed by atoms with Crippen LogP contribution >= 0.6 is 0 Å². The van der Waals surface area contributed by atoms with E-state index in [0.29, 0.717) is 24.8 Å². The summed E-state index contributed by atoms with van der Waals surface area (Å²) in [6, 6.07) is 0. The highest BCUT2D eigenvalue weighted by Crippen LogP contribution is 2.06. The molecule has 1 unspecified atom stereocenters. The van der Waals surface area contributed by atoms with Crippen LogP contribution in [0.5, 0.6) is 5.88 Å². The fourth-order valence-electron chi connectivity index (χ4n) is 1.12. The van der Waals surface area contributed by atoms with E-state index in [-0.39, 0.29) is 6.10 Å². The van der Waals surface area contributed by atoms with E-state index in [1.807, 2.05) is 0 Å². The Balaban J connectivity index is 2.21. The lowest BCUT2D eigenvalue weighted by Gasteiger charge is -2.08. The summed E-state index contributed by atoms with van der Waals surface area (Å²) in [4.78, 5) is 8.12. The molecule has 3 N–H and O–H groups in total. The Morgan fingerprint density at radius 1 is 1.44 bits per heavy atom. The predicted molar refractivity (Wildman–Crippen MR) is 61.6 cm³/mol. The monoisotopic (exact) mass is 226 g/mol. The van der Waals surface area contributed by atoms with Crippen molar-refractivity contribution in [3.8, 4) is 5.88 Å². The van der Waals surface area contributed by atoms with Crippen LogP contribution in [0.25, 0.3) is 0 Å². The largest absolute Gasteiger partial charge is 0.480 e. The smallest absolute Gasteiger partial charge is 0.233 e. The molecule has 6 nitrogen and oxygen atoms in total. The van der Waals surface area contributed by atoms with Crippen LogP contribution in [0.2, 0.25) is 0 Å². The molecule has 0 saturated heterocycles. The van der Waals surface area contributed by atoms with E-state index in [1.54, 1.807) is 26.4 Å². The van der Waals surface area contributed by atoms with E-state index in [2.05, 4.69) is 20.6 Å². The van der Waals surface area contributed by atoms with Crippen molar-refractivity contribution in [2.24, 2.45) is 0 Å². The molecule has 1 heterocycles. The van der Waals surface area contributed by atoms with Gasteiger partial charge >= 0.3 is 0 Å². The molecule has 0 fully saturated rings. The number of aliphatic hydroxyl groups excluding tert-OH is 1. The summed E-state index contributed by atoms with van der Waals surface area (Å²) in [7, 11) is 1.55. The maximum atomic E-state index is 9.02. The van der Waals surface area contributed by atoms with Gasteiger partial charge in [0, 0.05) is 19.6 Å². The Morgan fingerprint density at radius 2 is 2.25 bits per heavy atom. The zero-order valence-electron chi connectivity index (χ0n) is 9.60. The lowest BCUT2D eigenvalue weighted by molar-refractivity contribution is 0.192. The highest BCUT2D eigenvalue weighted by atomic mass is 16.5. The second-order valence-corrected chi connectivity index (χ2v) is 3.43. The van der Waals surface area contributed by atoms with E-state index >= 15 is 0 Å². The fraction of sp³-hybridized carbons (Fsp3) is 0.600. The topological polar surface area (TPSA) is 79.3 Å². The van der Waals surface area contributed by atoms with Gasteiger partial charge in [-0.05, 0) is 6.92 Å². The Hall–Kier alpha value is -1.40. The molecule has 0 saturated carbocycles. The van der Waals surface area contributed by atoms with Crippen molar-refractivity contribution in [3.05, 3.63) is 12.4 Å². The third kappa shape index (κ3) is 4.90. The third-order valence-corrected chi connectivity index (χ3v) is 1.87. The van der Waals surface area contributed by atoms with Gasteiger partial charge in [0.1, 0.15) is 5.82 Å². The molecular formula is C10H18N4O2. The van der Waals surface area contributed by atoms with Gasteiger partial charge in [-0.15, -0.1) is 0 Å². The highest BCUT2D eigenvalue weighted by molar-refractivity contribution is 5.32. The Kier molecular flexibility index (Phi) is 5.52. The molecule has 6 heteroatoms. The minimum Gasteiger partial charge on any atom is -0.480 e. The van der Waals surface area contributed by atoms with Crippen LogP contribution in [-0.4, -0.2) is 47.9 Å². The molecule has 1 atom stereocenters. The molecule has 0 aliphatic heterocycles. The summed E-state index contributed by atoms with van der Waals surface area (Å²) in [5, 5.41) is 15.2. The van der Waals surface area contributed by atoms with Gasteiger partial charge < -0.3 is 20.5 Å². The second kappa shape index (κ2) is 6.97. The van der Waals surface area contributed by atoms with E-state index in [4.69, 9.17) is 9.84 Å². The zero-order chi connectivity index (χ0) is 11.8. The number of anilines is 1. The minimum absolute atomic E-state index is 0.323. The molecule has 1 aromatic rings. The number of rotatable bonds is 7. The standard InChI is InChI=1S/C10H18N4O2/c1-8(15)5-11-3-4-13-9-6-12-7-10(14-9)16-2/h6-8,11,15H,3-5H2,1-2H3,(H,13,14). The first-order valence-electron chi connectivity index (χ1n) is 5.21. The Morgan fingerprint density at radius 3 is 2.94 bits per heavy atom. The molecule has 16 heavy (non-hydrogen) atoms. The first-order chi connectivity index (χ1) is 7.72. The molecule has 1 aromatic heterocycles. The van der Waals surface area contributed by atoms with Gasteiger partial charge in [0.25, 0.3) is 0 Å². The number of nitrogens with one attached hydrogen (secondary N) is 2. The first-order valence-corrected chi connectivity index (χ1v) is 5.21. The SMILES string of the molecule is COc1cncc(NCCNCC(C)O)n1. The summed E-state index contributed by atoms with van der Waals surface area (Å²) in [5.41, 5.74) is 0. The third-order valence-electron chi connectivity index (χ3n) is 1.87. The highest BCUT2D eigenvalue weighted by Gasteiger charge is 1.97. The molecule has 90 valence electrons. The van der Waals surface area contributed by atoms with Gasteiger partial charge in [0.05, 0.1) is 25.6 Å². The normalized spacial score (nSPS) is 12.2. The number of nitrogens with zero attached hydrogens (tertiary/aromatic N) is 2. The minimum atomic E-state index is -0.323. The number of aliphatic hydroxyl groups is 1. The first kappa shape index (κ1) is 12.7. The quantitative estimate of drug-likeness (QED) is 0.562. The molecular weight excluding hydrogens is 208 g/mol. The molecule has 0 aliphatic carbocycles. The van der Waals surface area contributed by atoms with Gasteiger partial charge in [-0.2, -0.15) is 4.98 Å². The lowest BCUT2D eigenvalue weighted by Crippen LogP contribution is -2.29. The Bertz CT molecular complexity index is 307. The molecule has 0 aromatic carbocycles. The van der Waals surface area contributed by atoms with Crippen LogP contribution < -0.4 is 15.4 Å². The van der Waals surface area contributed by atoms with E-state index in [1.165, 1.54) is 0 Å². The summed E-state index contributed by atoms with van der Waals surface area (Å²) in [6.45, 7) is 3.80. The maximum absolute atomic E-state index is 9.02. The zero-order valence-corrected chi connectivity index (χ0v) is 9.60. The van der Waals surface area contributed by atoms with Gasteiger partial charge in [0.15, 0.2) is 0 Å². The molecule has 1 rings (SSSR count). The van der Waals surface area contributed by atoms with Gasteiger partial charge in [-0.3, -0.25) is 4.98 Å². The van der Waals surface area contributed by atoms with Crippen molar-refractivity contribution in [3.63, 3.8) is 0 Å². The van der Waals surface area contributed by atoms with Gasteiger partial charge in [-0.25, -0.2) is 0 Å². The van der Waals surface area contributed by atoms with Crippen molar-refractivity contribution in [2.45, 2.75) is 13.0 Å². The number of methoxy groups -OCH3 is 1. The predicted octanol–water partition coefficient (Wildman–Crippen LogP) is -0.133. The Labute approximate surface area is 95.1 Å². The molecule has 0 bridgehead atoms. The van der Waals surface area contributed by atoms with Crippen LogP contribution in [0, 0.1) is 0 Å². The van der Waals surface area contributed by atoms with Gasteiger partial charge in [-0.1, -0.05) is 0 Å². The maximum Gasteiger partial charge on any atom is 0.233 e. The van der Waals surface area contributed by atoms with Crippen LogP contribution in [-0.2, 0) is 0 Å². The van der Waals surface area contributed by atoms with Crippen molar-refractivity contribution in [1.82, 2.24) is 15.3 Å². The summed E-state index contributed by atoms with van der Waals surface area (Å²) in [6.07, 6.45) is 2.87. The van der Waals surface area contributed by atoms with E-state index in [9.17, 15) is 0 Å². The summed E-state index contributed by atoms with van der Waals surface area (Å²) < 4.78 is 4.95. The van der Waals surface area contributed by atoms with Crippen LogP contribution in [0.3, 0.4) is 0 Å². The van der Waals surface area contributed by atoms with Crippen LogP contribution in [0.15, 0.2) is 12.4 Å². The average molecular weight is 226 g/mol. The lowest BCUT2D eigenvalue weighted by atomic mass is 10.4. The van der Waals surface area contributed by atoms with Crippen LogP contribution in [0.4, 0.5) is 5.82 Å². The average Bonchev–Trinajstić information content (AvgIpc) is 2.28. The molecule has 0 amide bonds. The van der Waals surface area contributed by atoms with Crippen molar-refractivity contribution < 1.29 is 9.84 Å². The summed E-state index contributed by atoms with van der Waals surface area (Å²) >= 11 is 0. The number of hydrogen-bond acceptors (Lipinski definition) is 6. The van der Waals surface area contributed by atoms with Gasteiger partial charge in [0.2, 0.25) is 5.88 Å². The molecule has 0 radical (unpaired) electrons. The fourth-order valence-corrected chi connectivity index (χ4v) is 1.12. The van der Waals surface area contributed by atoms with Crippen molar-refractivity contribution in [2.75, 3.05) is 32.1 Å². The molecule has 0 spiro atoms.